The molecule has 0 aromatic carbocycles. The van der Waals surface area contributed by atoms with Crippen LogP contribution < -0.4 is 0 Å². The molecule has 1 aliphatic rings. The first-order valence-electron chi connectivity index (χ1n) is 4.63. The summed E-state index contributed by atoms with van der Waals surface area (Å²) >= 11 is 0. The van der Waals surface area contributed by atoms with Gasteiger partial charge >= 0.3 is 0 Å². The van der Waals surface area contributed by atoms with Gasteiger partial charge in [-0.2, -0.15) is 5.10 Å². The number of rotatable bonds is 2. The van der Waals surface area contributed by atoms with Gasteiger partial charge in [0.2, 0.25) is 0 Å². The fourth-order valence-electron chi connectivity index (χ4n) is 1.73. The molecule has 1 saturated heterocycles. The van der Waals surface area contributed by atoms with E-state index in [-0.39, 0.29) is 6.10 Å². The van der Waals surface area contributed by atoms with Crippen LogP contribution in [0.25, 0.3) is 0 Å². The maximum absolute atomic E-state index is 9.32. The highest BCUT2D eigenvalue weighted by molar-refractivity contribution is 4.99. The normalized spacial score (nSPS) is 24.0. The Balaban J connectivity index is 1.91. The van der Waals surface area contributed by atoms with E-state index >= 15 is 0 Å². The van der Waals surface area contributed by atoms with Crippen molar-refractivity contribution in [3.63, 3.8) is 0 Å². The summed E-state index contributed by atoms with van der Waals surface area (Å²) in [5, 5.41) is 13.6. The molecule has 1 aromatic heterocycles. The molecule has 0 radical (unpaired) electrons. The lowest BCUT2D eigenvalue weighted by molar-refractivity contribution is 0.174. The first kappa shape index (κ1) is 8.72. The summed E-state index contributed by atoms with van der Waals surface area (Å²) in [6.45, 7) is 2.63. The third kappa shape index (κ3) is 2.08. The minimum Gasteiger partial charge on any atom is -0.392 e. The molecule has 1 unspecified atom stereocenters. The maximum atomic E-state index is 9.32. The highest BCUT2D eigenvalue weighted by Crippen LogP contribution is 2.11. The smallest absolute Gasteiger partial charge is 0.0764 e. The maximum Gasteiger partial charge on any atom is 0.0764 e. The summed E-state index contributed by atoms with van der Waals surface area (Å²) in [5.74, 6) is 0. The molecule has 1 atom stereocenters. The van der Waals surface area contributed by atoms with Gasteiger partial charge in [0.05, 0.1) is 11.8 Å². The van der Waals surface area contributed by atoms with Crippen LogP contribution in [0, 0.1) is 0 Å². The van der Waals surface area contributed by atoms with Gasteiger partial charge in [0, 0.05) is 32.9 Å². The van der Waals surface area contributed by atoms with Crippen LogP contribution in [0.2, 0.25) is 0 Å². The van der Waals surface area contributed by atoms with Gasteiger partial charge in [-0.25, -0.2) is 0 Å². The highest BCUT2D eigenvalue weighted by Gasteiger charge is 2.20. The van der Waals surface area contributed by atoms with Crippen molar-refractivity contribution in [2.45, 2.75) is 19.1 Å². The number of aromatic nitrogens is 2. The number of aliphatic hydroxyl groups excluding tert-OH is 1. The Morgan fingerprint density at radius 2 is 2.54 bits per heavy atom. The van der Waals surface area contributed by atoms with Gasteiger partial charge in [-0.1, -0.05) is 0 Å². The Kier molecular flexibility index (Phi) is 2.33. The number of likely N-dealkylation sites (tertiary alicyclic amines) is 1. The van der Waals surface area contributed by atoms with Crippen molar-refractivity contribution in [3.8, 4) is 0 Å². The molecule has 0 saturated carbocycles. The van der Waals surface area contributed by atoms with Crippen LogP contribution in [-0.4, -0.2) is 39.0 Å². The van der Waals surface area contributed by atoms with Crippen molar-refractivity contribution >= 4 is 0 Å². The molecule has 13 heavy (non-hydrogen) atoms. The minimum absolute atomic E-state index is 0.135. The third-order valence-corrected chi connectivity index (χ3v) is 2.40. The summed E-state index contributed by atoms with van der Waals surface area (Å²) in [5.41, 5.74) is 1.08. The second-order valence-electron chi connectivity index (χ2n) is 3.66. The van der Waals surface area contributed by atoms with Crippen LogP contribution >= 0.6 is 0 Å². The largest absolute Gasteiger partial charge is 0.392 e. The first-order chi connectivity index (χ1) is 6.24. The molecule has 0 spiro atoms. The third-order valence-electron chi connectivity index (χ3n) is 2.40. The molecule has 1 N–H and O–H groups in total. The molecule has 1 aromatic rings. The van der Waals surface area contributed by atoms with Crippen LogP contribution in [0.3, 0.4) is 0 Å². The van der Waals surface area contributed by atoms with Crippen LogP contribution in [0.15, 0.2) is 12.3 Å². The zero-order valence-corrected chi connectivity index (χ0v) is 7.85. The Morgan fingerprint density at radius 3 is 3.08 bits per heavy atom. The predicted molar refractivity (Wildman–Crippen MR) is 49.1 cm³/mol. The molecule has 1 fully saturated rings. The summed E-state index contributed by atoms with van der Waals surface area (Å²) in [6.07, 6.45) is 2.71. The second-order valence-corrected chi connectivity index (χ2v) is 3.66. The van der Waals surface area contributed by atoms with E-state index in [1.54, 1.807) is 0 Å². The van der Waals surface area contributed by atoms with Crippen molar-refractivity contribution in [2.24, 2.45) is 7.05 Å². The number of aliphatic hydroxyl groups is 1. The fraction of sp³-hybridized carbons (Fsp3) is 0.667. The number of β-amino-alcohol motifs (C(OH)–C–C–N with tert-alkyl or cyclic N) is 1. The lowest BCUT2D eigenvalue weighted by Crippen LogP contribution is -2.21. The van der Waals surface area contributed by atoms with Gasteiger partial charge in [-0.05, 0) is 12.5 Å². The van der Waals surface area contributed by atoms with E-state index in [0.717, 1.165) is 31.7 Å². The molecule has 2 rings (SSSR count). The fourth-order valence-corrected chi connectivity index (χ4v) is 1.73. The number of hydrogen-bond acceptors (Lipinski definition) is 3. The Bertz CT molecular complexity index is 284. The Morgan fingerprint density at radius 1 is 1.69 bits per heavy atom. The summed E-state index contributed by atoms with van der Waals surface area (Å²) in [7, 11) is 1.92. The minimum atomic E-state index is -0.135. The van der Waals surface area contributed by atoms with E-state index in [1.807, 2.05) is 24.0 Å². The van der Waals surface area contributed by atoms with E-state index in [1.165, 1.54) is 0 Å². The second kappa shape index (κ2) is 3.47. The van der Waals surface area contributed by atoms with Crippen molar-refractivity contribution < 1.29 is 5.11 Å². The van der Waals surface area contributed by atoms with E-state index < -0.39 is 0 Å². The SMILES string of the molecule is Cn1ccc(CN2CCC(O)C2)n1. The molecular weight excluding hydrogens is 166 g/mol. The Hall–Kier alpha value is -0.870. The van der Waals surface area contributed by atoms with E-state index in [0.29, 0.717) is 0 Å². The predicted octanol–water partition coefficient (Wildman–Crippen LogP) is -0.0133. The quantitative estimate of drug-likeness (QED) is 0.697. The van der Waals surface area contributed by atoms with Gasteiger partial charge in [-0.15, -0.1) is 0 Å². The summed E-state index contributed by atoms with van der Waals surface area (Å²) in [6, 6.07) is 2.02. The summed E-state index contributed by atoms with van der Waals surface area (Å²) < 4.78 is 1.81. The molecule has 0 bridgehead atoms. The molecule has 72 valence electrons. The molecule has 1 aliphatic heterocycles. The molecule has 4 nitrogen and oxygen atoms in total. The van der Waals surface area contributed by atoms with E-state index in [9.17, 15) is 5.11 Å². The van der Waals surface area contributed by atoms with Crippen molar-refractivity contribution in [2.75, 3.05) is 13.1 Å². The van der Waals surface area contributed by atoms with Crippen LogP contribution in [0.4, 0.5) is 0 Å². The number of hydrogen-bond donors (Lipinski definition) is 1. The average Bonchev–Trinajstić information content (AvgIpc) is 2.62. The van der Waals surface area contributed by atoms with Crippen molar-refractivity contribution in [3.05, 3.63) is 18.0 Å². The number of nitrogens with zero attached hydrogens (tertiary/aromatic N) is 3. The van der Waals surface area contributed by atoms with E-state index in [4.69, 9.17) is 0 Å². The van der Waals surface area contributed by atoms with Gasteiger partial charge in [0.1, 0.15) is 0 Å². The monoisotopic (exact) mass is 181 g/mol. The average molecular weight is 181 g/mol. The standard InChI is InChI=1S/C9H15N3O/c1-11-4-2-8(10-11)6-12-5-3-9(13)7-12/h2,4,9,13H,3,5-7H2,1H3. The van der Waals surface area contributed by atoms with Crippen molar-refractivity contribution in [1.29, 1.82) is 0 Å². The summed E-state index contributed by atoms with van der Waals surface area (Å²) in [4.78, 5) is 2.23. The van der Waals surface area contributed by atoms with Gasteiger partial charge in [0.25, 0.3) is 0 Å². The van der Waals surface area contributed by atoms with Crippen molar-refractivity contribution in [1.82, 2.24) is 14.7 Å². The lowest BCUT2D eigenvalue weighted by atomic mass is 10.3. The van der Waals surface area contributed by atoms with Gasteiger partial charge in [-0.3, -0.25) is 9.58 Å². The molecule has 2 heterocycles. The van der Waals surface area contributed by atoms with Crippen LogP contribution in [0.1, 0.15) is 12.1 Å². The Labute approximate surface area is 77.8 Å². The lowest BCUT2D eigenvalue weighted by Gasteiger charge is -2.12. The zero-order chi connectivity index (χ0) is 9.26. The number of aryl methyl sites for hydroxylation is 1. The molecule has 4 heteroatoms. The van der Waals surface area contributed by atoms with Gasteiger partial charge in [0.15, 0.2) is 0 Å². The molecule has 0 aliphatic carbocycles. The highest BCUT2D eigenvalue weighted by atomic mass is 16.3. The van der Waals surface area contributed by atoms with Gasteiger partial charge < -0.3 is 5.11 Å². The zero-order valence-electron chi connectivity index (χ0n) is 7.85. The van der Waals surface area contributed by atoms with Crippen LogP contribution in [-0.2, 0) is 13.6 Å². The molecular formula is C9H15N3O. The van der Waals surface area contributed by atoms with E-state index in [2.05, 4.69) is 10.00 Å². The van der Waals surface area contributed by atoms with Crippen LogP contribution in [0.5, 0.6) is 0 Å². The first-order valence-corrected chi connectivity index (χ1v) is 4.63. The molecule has 0 amide bonds. The topological polar surface area (TPSA) is 41.3 Å².